The van der Waals surface area contributed by atoms with Gasteiger partial charge in [-0.1, -0.05) is 0 Å². The van der Waals surface area contributed by atoms with Crippen LogP contribution in [0.4, 0.5) is 0 Å². The first kappa shape index (κ1) is 232. The van der Waals surface area contributed by atoms with Crippen molar-refractivity contribution >= 4 is 0 Å². The van der Waals surface area contributed by atoms with Gasteiger partial charge in [-0.2, -0.15) is 0 Å². The number of halogens is 4. The molecule has 0 aromatic carbocycles. The molecule has 0 aliphatic carbocycles. The van der Waals surface area contributed by atoms with Gasteiger partial charge in [0, 0.05) is 0 Å². The molecule has 0 aliphatic heterocycles. The van der Waals surface area contributed by atoms with Gasteiger partial charge in [-0.3, -0.25) is 0 Å². The molecule has 0 rings (SSSR count). The van der Waals surface area contributed by atoms with Gasteiger partial charge in [0.25, 0.3) is 0 Å². The molecule has 0 amide bonds. The summed E-state index contributed by atoms with van der Waals surface area (Å²) in [7, 11) is 0. The Morgan fingerprint density at radius 1 is 0.500 bits per heavy atom. The van der Waals surface area contributed by atoms with E-state index in [0.29, 0.717) is 0 Å². The molecule has 6 heavy (non-hydrogen) atoms. The van der Waals surface area contributed by atoms with Crippen molar-refractivity contribution in [1.29, 1.82) is 0 Å². The quantitative estimate of drug-likeness (QED) is 0.373. The Balaban J connectivity index is 0. The van der Waals surface area contributed by atoms with Crippen molar-refractivity contribution in [3.8, 4) is 0 Å². The van der Waals surface area contributed by atoms with E-state index in [4.69, 9.17) is 0 Å². The van der Waals surface area contributed by atoms with E-state index in [1.54, 1.807) is 0 Å². The topological polar surface area (TPSA) is 31.5 Å². The van der Waals surface area contributed by atoms with Crippen LogP contribution in [0.25, 0.3) is 0 Å². The third-order valence-electron chi connectivity index (χ3n) is 0. The van der Waals surface area contributed by atoms with Crippen molar-refractivity contribution in [1.82, 2.24) is 0 Å². The van der Waals surface area contributed by atoms with Crippen LogP contribution in [0.5, 0.6) is 0 Å². The van der Waals surface area contributed by atoms with E-state index >= 15 is 0 Å². The Labute approximate surface area is 65.6 Å². The normalized spacial score (nSPS) is 0. The molecular formula is H2CeF4O. The minimum atomic E-state index is 0. The molecule has 40 valence electrons. The van der Waals surface area contributed by atoms with E-state index in [2.05, 4.69) is 0 Å². The van der Waals surface area contributed by atoms with Crippen molar-refractivity contribution < 1.29 is 66.0 Å². The maximum atomic E-state index is 0. The smallest absolute Gasteiger partial charge is 1.00 e. The first-order valence-electron chi connectivity index (χ1n) is 0. The van der Waals surface area contributed by atoms with Gasteiger partial charge in [-0.15, -0.1) is 0 Å². The van der Waals surface area contributed by atoms with E-state index in [9.17, 15) is 0 Å². The minimum absolute atomic E-state index is 0. The van der Waals surface area contributed by atoms with E-state index in [0.717, 1.165) is 0 Å². The van der Waals surface area contributed by atoms with Gasteiger partial charge >= 0.3 is 41.7 Å². The molecule has 0 atom stereocenters. The Bertz CT molecular complexity index is 7.51. The average molecular weight is 234 g/mol. The molecule has 2 N–H and O–H groups in total. The van der Waals surface area contributed by atoms with Gasteiger partial charge in [0.1, 0.15) is 0 Å². The molecule has 0 aliphatic rings. The fourth-order valence-electron chi connectivity index (χ4n) is 0. The zero-order valence-electron chi connectivity index (χ0n) is 2.51. The number of hydrogen-bond acceptors (Lipinski definition) is 0. The van der Waals surface area contributed by atoms with Crippen LogP contribution in [-0.4, -0.2) is 5.48 Å². The summed E-state index contributed by atoms with van der Waals surface area (Å²) in [5, 5.41) is 0. The summed E-state index contributed by atoms with van der Waals surface area (Å²) >= 11 is 0. The maximum absolute atomic E-state index is 0. The summed E-state index contributed by atoms with van der Waals surface area (Å²) in [5.74, 6) is 0. The van der Waals surface area contributed by atoms with E-state index in [1.165, 1.54) is 0 Å². The SMILES string of the molecule is O.[Ce+4].[F-].[F-].[F-].[F-]. The minimum Gasteiger partial charge on any atom is -1.00 e. The van der Waals surface area contributed by atoms with Crippen molar-refractivity contribution in [3.63, 3.8) is 0 Å². The first-order chi connectivity index (χ1) is 0. The second-order valence-corrected chi connectivity index (χ2v) is 0. The van der Waals surface area contributed by atoms with Crippen LogP contribution in [-0.2, 0) is 0 Å². The molecule has 0 fully saturated rings. The van der Waals surface area contributed by atoms with Crippen LogP contribution in [0.3, 0.4) is 0 Å². The third kappa shape index (κ3) is 74.5. The predicted molar refractivity (Wildman–Crippen MR) is 3.61 cm³/mol. The van der Waals surface area contributed by atoms with Crippen LogP contribution < -0.4 is 18.8 Å². The molecule has 0 spiro atoms. The molecule has 0 saturated heterocycles. The largest absolute Gasteiger partial charge is 4.00 e. The molecule has 0 aromatic rings. The second kappa shape index (κ2) is 139. The number of rotatable bonds is 0. The Morgan fingerprint density at radius 2 is 0.500 bits per heavy atom. The van der Waals surface area contributed by atoms with Crippen LogP contribution in [0.1, 0.15) is 0 Å². The fourth-order valence-corrected chi connectivity index (χ4v) is 0. The summed E-state index contributed by atoms with van der Waals surface area (Å²) < 4.78 is 0. The average Bonchev–Trinajstić information content (AvgIpc) is 0. The standard InChI is InChI=1S/Ce.4FH.H2O/h;4*1H;1H2/q+4;;;;;/p-4. The van der Waals surface area contributed by atoms with Gasteiger partial charge in [0.2, 0.25) is 0 Å². The van der Waals surface area contributed by atoms with Crippen molar-refractivity contribution in [3.05, 3.63) is 0 Å². The van der Waals surface area contributed by atoms with Crippen LogP contribution >= 0.6 is 0 Å². The summed E-state index contributed by atoms with van der Waals surface area (Å²) in [6, 6.07) is 0. The molecule has 0 bridgehead atoms. The van der Waals surface area contributed by atoms with Gasteiger partial charge < -0.3 is 24.3 Å². The Kier molecular flexibility index (Phi) is 5360. The van der Waals surface area contributed by atoms with Gasteiger partial charge in [0.05, 0.1) is 0 Å². The summed E-state index contributed by atoms with van der Waals surface area (Å²) in [4.78, 5) is 0. The zero-order chi connectivity index (χ0) is 0. The zero-order valence-corrected chi connectivity index (χ0v) is 5.65. The van der Waals surface area contributed by atoms with Crippen LogP contribution in [0.15, 0.2) is 0 Å². The number of hydrogen-bond donors (Lipinski definition) is 0. The second-order valence-electron chi connectivity index (χ2n) is 0. The van der Waals surface area contributed by atoms with Crippen molar-refractivity contribution in [2.24, 2.45) is 0 Å². The summed E-state index contributed by atoms with van der Waals surface area (Å²) in [6.07, 6.45) is 0. The molecule has 6 heteroatoms. The monoisotopic (exact) mass is 234 g/mol. The van der Waals surface area contributed by atoms with E-state index in [-0.39, 0.29) is 66.0 Å². The summed E-state index contributed by atoms with van der Waals surface area (Å²) in [5.41, 5.74) is 0. The third-order valence-corrected chi connectivity index (χ3v) is 0. The Morgan fingerprint density at radius 3 is 0.500 bits per heavy atom. The van der Waals surface area contributed by atoms with Crippen molar-refractivity contribution in [2.45, 2.75) is 0 Å². The van der Waals surface area contributed by atoms with Crippen molar-refractivity contribution in [2.75, 3.05) is 0 Å². The molecule has 0 aromatic heterocycles. The molecular weight excluding hydrogens is 232 g/mol. The molecule has 0 heterocycles. The van der Waals surface area contributed by atoms with Gasteiger partial charge in [0.15, 0.2) is 0 Å². The van der Waals surface area contributed by atoms with Gasteiger partial charge in [-0.25, -0.2) is 0 Å². The van der Waals surface area contributed by atoms with Gasteiger partial charge in [-0.05, 0) is 0 Å². The van der Waals surface area contributed by atoms with Crippen LogP contribution in [0, 0.1) is 41.7 Å². The van der Waals surface area contributed by atoms with Crippen LogP contribution in [0.2, 0.25) is 0 Å². The maximum Gasteiger partial charge on any atom is 4.00 e. The first-order valence-corrected chi connectivity index (χ1v) is 0. The molecule has 0 saturated carbocycles. The molecule has 0 radical (unpaired) electrons. The summed E-state index contributed by atoms with van der Waals surface area (Å²) in [6.45, 7) is 0. The molecule has 0 unspecified atom stereocenters. The van der Waals surface area contributed by atoms with E-state index < -0.39 is 0 Å². The molecule has 1 nitrogen and oxygen atoms in total. The van der Waals surface area contributed by atoms with E-state index in [1.807, 2.05) is 0 Å². The fraction of sp³-hybridized carbons (Fsp3) is 0. The predicted octanol–water partition coefficient (Wildman–Crippen LogP) is -12.8. The Hall–Kier alpha value is 1.06.